The minimum atomic E-state index is -1.22. The third-order valence-corrected chi connectivity index (χ3v) is 3.81. The first-order valence-corrected chi connectivity index (χ1v) is 7.50. The van der Waals surface area contributed by atoms with E-state index in [9.17, 15) is 13.6 Å². The van der Waals surface area contributed by atoms with Gasteiger partial charge in [0.05, 0.1) is 12.2 Å². The smallest absolute Gasteiger partial charge is 0.405 e. The highest BCUT2D eigenvalue weighted by Gasteiger charge is 2.17. The number of carbonyl (C=O) groups is 1. The maximum atomic E-state index is 14.5. The Morgan fingerprint density at radius 2 is 2.04 bits per heavy atom. The number of amides is 1. The lowest BCUT2D eigenvalue weighted by atomic mass is 9.99. The average Bonchev–Trinajstić information content (AvgIpc) is 2.56. The van der Waals surface area contributed by atoms with E-state index in [1.54, 1.807) is 13.0 Å². The van der Waals surface area contributed by atoms with Crippen LogP contribution in [-0.2, 0) is 0 Å². The molecule has 2 heterocycles. The van der Waals surface area contributed by atoms with E-state index < -0.39 is 23.8 Å². The predicted octanol–water partition coefficient (Wildman–Crippen LogP) is 3.95. The molecule has 6 nitrogen and oxygen atoms in total. The Morgan fingerprint density at radius 3 is 2.76 bits per heavy atom. The van der Waals surface area contributed by atoms with Crippen LogP contribution in [0.1, 0.15) is 18.5 Å². The summed E-state index contributed by atoms with van der Waals surface area (Å²) in [6.45, 7) is 1.61. The molecule has 0 bridgehead atoms. The second kappa shape index (κ2) is 6.56. The lowest BCUT2D eigenvalue weighted by Crippen LogP contribution is -2.24. The first kappa shape index (κ1) is 17.0. The predicted molar refractivity (Wildman–Crippen MR) is 87.3 cm³/mol. The molecule has 0 radical (unpaired) electrons. The van der Waals surface area contributed by atoms with Crippen LogP contribution >= 0.6 is 11.6 Å². The Kier molecular flexibility index (Phi) is 4.45. The zero-order chi connectivity index (χ0) is 18.1. The van der Waals surface area contributed by atoms with E-state index >= 15 is 0 Å². The van der Waals surface area contributed by atoms with E-state index in [0.29, 0.717) is 10.9 Å². The van der Waals surface area contributed by atoms with Crippen molar-refractivity contribution in [2.45, 2.75) is 13.0 Å². The Balaban J connectivity index is 2.23. The van der Waals surface area contributed by atoms with E-state index in [1.807, 2.05) is 0 Å². The molecule has 2 aromatic heterocycles. The molecule has 0 saturated carbocycles. The number of nitrogens with one attached hydrogen (secondary N) is 1. The molecule has 9 heteroatoms. The minimum absolute atomic E-state index is 0.0425. The second-order valence-corrected chi connectivity index (χ2v) is 5.60. The van der Waals surface area contributed by atoms with Gasteiger partial charge < -0.3 is 10.4 Å². The van der Waals surface area contributed by atoms with Crippen LogP contribution in [0.25, 0.3) is 22.2 Å². The quantitative estimate of drug-likeness (QED) is 0.687. The number of halogens is 3. The molecule has 0 fully saturated rings. The van der Waals surface area contributed by atoms with Crippen molar-refractivity contribution in [2.75, 3.05) is 0 Å². The van der Waals surface area contributed by atoms with Crippen molar-refractivity contribution >= 4 is 28.6 Å². The molecule has 3 aromatic rings. The fraction of sp³-hybridized carbons (Fsp3) is 0.125. The molecule has 0 spiro atoms. The van der Waals surface area contributed by atoms with Crippen molar-refractivity contribution in [2.24, 2.45) is 0 Å². The van der Waals surface area contributed by atoms with Crippen molar-refractivity contribution in [3.8, 4) is 11.3 Å². The van der Waals surface area contributed by atoms with E-state index in [1.165, 1.54) is 12.3 Å². The van der Waals surface area contributed by atoms with Gasteiger partial charge in [0.1, 0.15) is 17.0 Å². The first-order chi connectivity index (χ1) is 11.9. The van der Waals surface area contributed by atoms with Crippen LogP contribution in [0, 0.1) is 11.6 Å². The molecule has 1 unspecified atom stereocenters. The molecule has 25 heavy (non-hydrogen) atoms. The van der Waals surface area contributed by atoms with Crippen LogP contribution in [0.15, 0.2) is 30.6 Å². The summed E-state index contributed by atoms with van der Waals surface area (Å²) < 4.78 is 28.5. The van der Waals surface area contributed by atoms with Crippen molar-refractivity contribution in [1.82, 2.24) is 20.3 Å². The average molecular weight is 365 g/mol. The van der Waals surface area contributed by atoms with Gasteiger partial charge >= 0.3 is 6.09 Å². The monoisotopic (exact) mass is 364 g/mol. The maximum Gasteiger partial charge on any atom is 0.405 e. The minimum Gasteiger partial charge on any atom is -0.465 e. The van der Waals surface area contributed by atoms with Gasteiger partial charge in [-0.25, -0.2) is 23.5 Å². The summed E-state index contributed by atoms with van der Waals surface area (Å²) in [4.78, 5) is 22.2. The number of benzene rings is 1. The lowest BCUT2D eigenvalue weighted by molar-refractivity contribution is 0.191. The molecule has 0 aliphatic heterocycles. The number of aromatic nitrogens is 3. The fourth-order valence-electron chi connectivity index (χ4n) is 2.56. The maximum absolute atomic E-state index is 14.5. The summed E-state index contributed by atoms with van der Waals surface area (Å²) in [6, 6.07) is 3.52. The highest BCUT2D eigenvalue weighted by Crippen LogP contribution is 2.31. The molecule has 128 valence electrons. The molecule has 1 atom stereocenters. The van der Waals surface area contributed by atoms with Crippen molar-refractivity contribution in [3.05, 3.63) is 53.1 Å². The van der Waals surface area contributed by atoms with Crippen LogP contribution in [0.4, 0.5) is 13.6 Å². The number of hydrogen-bond acceptors (Lipinski definition) is 4. The molecule has 1 aromatic carbocycles. The summed E-state index contributed by atoms with van der Waals surface area (Å²) in [6.07, 6.45) is 1.05. The van der Waals surface area contributed by atoms with Gasteiger partial charge in [0, 0.05) is 17.1 Å². The summed E-state index contributed by atoms with van der Waals surface area (Å²) >= 11 is 5.69. The van der Waals surface area contributed by atoms with Gasteiger partial charge in [-0.05, 0) is 42.3 Å². The van der Waals surface area contributed by atoms with Crippen LogP contribution in [0.3, 0.4) is 0 Å². The standard InChI is InChI=1S/C16H11ClF2N4O2/c1-7(22-16(24)25)9-2-3-20-14-10(9)4-8(5-11(14)18)13-12(19)6-21-15(17)23-13/h2-7,22H,1H3,(H,24,25). The Labute approximate surface area is 145 Å². The number of carboxylic acid groups (broad SMARTS) is 1. The van der Waals surface area contributed by atoms with E-state index in [2.05, 4.69) is 20.3 Å². The van der Waals surface area contributed by atoms with Gasteiger partial charge in [-0.15, -0.1) is 0 Å². The van der Waals surface area contributed by atoms with Crippen molar-refractivity contribution in [3.63, 3.8) is 0 Å². The van der Waals surface area contributed by atoms with Crippen LogP contribution in [0.2, 0.25) is 5.28 Å². The number of rotatable bonds is 3. The molecule has 0 aliphatic carbocycles. The number of hydrogen-bond donors (Lipinski definition) is 2. The molecular formula is C16H11ClF2N4O2. The first-order valence-electron chi connectivity index (χ1n) is 7.13. The van der Waals surface area contributed by atoms with Gasteiger partial charge in [-0.1, -0.05) is 0 Å². The molecular weight excluding hydrogens is 354 g/mol. The third kappa shape index (κ3) is 3.34. The molecule has 1 amide bonds. The molecule has 0 aliphatic rings. The summed E-state index contributed by atoms with van der Waals surface area (Å²) in [5.74, 6) is -1.45. The van der Waals surface area contributed by atoms with Gasteiger partial charge in [0.15, 0.2) is 5.82 Å². The number of fused-ring (bicyclic) bond motifs is 1. The Morgan fingerprint density at radius 1 is 1.28 bits per heavy atom. The topological polar surface area (TPSA) is 88.0 Å². The molecule has 0 saturated heterocycles. The van der Waals surface area contributed by atoms with E-state index in [-0.39, 0.29) is 22.1 Å². The Bertz CT molecular complexity index is 984. The number of nitrogens with zero attached hydrogens (tertiary/aromatic N) is 3. The zero-order valence-electron chi connectivity index (χ0n) is 12.8. The lowest BCUT2D eigenvalue weighted by Gasteiger charge is -2.15. The largest absolute Gasteiger partial charge is 0.465 e. The highest BCUT2D eigenvalue weighted by molar-refractivity contribution is 6.28. The second-order valence-electron chi connectivity index (χ2n) is 5.26. The zero-order valence-corrected chi connectivity index (χ0v) is 13.6. The highest BCUT2D eigenvalue weighted by atomic mass is 35.5. The van der Waals surface area contributed by atoms with E-state index in [4.69, 9.17) is 16.7 Å². The van der Waals surface area contributed by atoms with Crippen LogP contribution in [0.5, 0.6) is 0 Å². The third-order valence-electron chi connectivity index (χ3n) is 3.63. The van der Waals surface area contributed by atoms with Crippen LogP contribution < -0.4 is 5.32 Å². The van der Waals surface area contributed by atoms with Crippen molar-refractivity contribution in [1.29, 1.82) is 0 Å². The Hall–Kier alpha value is -2.87. The summed E-state index contributed by atoms with van der Waals surface area (Å²) in [5.41, 5.74) is 0.521. The van der Waals surface area contributed by atoms with Gasteiger partial charge in [-0.2, -0.15) is 0 Å². The van der Waals surface area contributed by atoms with Gasteiger partial charge in [-0.3, -0.25) is 4.98 Å². The summed E-state index contributed by atoms with van der Waals surface area (Å²) in [7, 11) is 0. The van der Waals surface area contributed by atoms with Crippen molar-refractivity contribution < 1.29 is 18.7 Å². The van der Waals surface area contributed by atoms with Crippen LogP contribution in [-0.4, -0.2) is 26.2 Å². The van der Waals surface area contributed by atoms with Gasteiger partial charge in [0.25, 0.3) is 0 Å². The van der Waals surface area contributed by atoms with Gasteiger partial charge in [0.2, 0.25) is 5.28 Å². The molecule has 2 N–H and O–H groups in total. The SMILES string of the molecule is CC(NC(=O)O)c1ccnc2c(F)cc(-c3nc(Cl)ncc3F)cc12. The van der Waals surface area contributed by atoms with E-state index in [0.717, 1.165) is 12.3 Å². The summed E-state index contributed by atoms with van der Waals surface area (Å²) in [5, 5.41) is 11.3. The normalized spacial score (nSPS) is 12.2. The number of pyridine rings is 1. The fourth-order valence-corrected chi connectivity index (χ4v) is 2.69. The molecule has 3 rings (SSSR count).